The molecule has 2 aromatic carbocycles. The molecular formula is C17H11Cl4N3OS. The third-order valence-electron chi connectivity index (χ3n) is 3.32. The van der Waals surface area contributed by atoms with Gasteiger partial charge < -0.3 is 10.6 Å². The van der Waals surface area contributed by atoms with Crippen LogP contribution < -0.4 is 10.6 Å². The Morgan fingerprint density at radius 3 is 2.50 bits per heavy atom. The van der Waals surface area contributed by atoms with Crippen LogP contribution in [0.5, 0.6) is 0 Å². The molecular weight excluding hydrogens is 436 g/mol. The van der Waals surface area contributed by atoms with Gasteiger partial charge in [-0.25, -0.2) is 4.98 Å². The summed E-state index contributed by atoms with van der Waals surface area (Å²) in [6, 6.07) is 12.4. The fraction of sp³-hybridized carbons (Fsp3) is 0.0588. The minimum atomic E-state index is -1.11. The third-order valence-corrected chi connectivity index (χ3v) is 5.04. The molecule has 9 heteroatoms. The van der Waals surface area contributed by atoms with Crippen LogP contribution in [-0.2, 0) is 4.79 Å². The number of halogens is 4. The van der Waals surface area contributed by atoms with Crippen molar-refractivity contribution in [3.63, 3.8) is 0 Å². The van der Waals surface area contributed by atoms with Crippen molar-refractivity contribution in [2.24, 2.45) is 0 Å². The number of hydrogen-bond donors (Lipinski definition) is 2. The summed E-state index contributed by atoms with van der Waals surface area (Å²) in [7, 11) is 0. The lowest BCUT2D eigenvalue weighted by Crippen LogP contribution is -2.18. The second-order valence-corrected chi connectivity index (χ2v) is 7.95. The number of anilines is 3. The largest absolute Gasteiger partial charge is 0.330 e. The Hall–Kier alpha value is -1.50. The number of carbonyl (C=O) groups excluding carboxylic acids is 1. The molecule has 0 spiro atoms. The molecule has 0 radical (unpaired) electrons. The van der Waals surface area contributed by atoms with Crippen LogP contribution in [0, 0.1) is 0 Å². The van der Waals surface area contributed by atoms with Gasteiger partial charge in [-0.3, -0.25) is 4.79 Å². The summed E-state index contributed by atoms with van der Waals surface area (Å²) in [6.07, 6.45) is 0. The van der Waals surface area contributed by atoms with E-state index in [1.165, 1.54) is 11.3 Å². The van der Waals surface area contributed by atoms with E-state index in [-0.39, 0.29) is 0 Å². The van der Waals surface area contributed by atoms with Gasteiger partial charge in [0, 0.05) is 21.7 Å². The van der Waals surface area contributed by atoms with E-state index in [1.54, 1.807) is 30.3 Å². The second-order valence-electron chi connectivity index (χ2n) is 5.15. The normalized spacial score (nSPS) is 10.8. The van der Waals surface area contributed by atoms with Crippen molar-refractivity contribution in [2.45, 2.75) is 4.84 Å². The van der Waals surface area contributed by atoms with E-state index in [1.807, 2.05) is 17.5 Å². The quantitative estimate of drug-likeness (QED) is 0.434. The highest BCUT2D eigenvalue weighted by atomic mass is 35.5. The van der Waals surface area contributed by atoms with Crippen LogP contribution in [0.3, 0.4) is 0 Å². The Morgan fingerprint density at radius 2 is 1.81 bits per heavy atom. The van der Waals surface area contributed by atoms with Crippen molar-refractivity contribution in [3.05, 3.63) is 57.9 Å². The molecule has 3 aromatic rings. The molecule has 0 unspecified atom stereocenters. The average Bonchev–Trinajstić information content (AvgIpc) is 3.07. The molecule has 0 atom stereocenters. The van der Waals surface area contributed by atoms with E-state index >= 15 is 0 Å². The maximum atomic E-state index is 11.5. The molecule has 0 aliphatic rings. The Balaban J connectivity index is 1.73. The van der Waals surface area contributed by atoms with Crippen LogP contribution in [0.1, 0.15) is 0 Å². The number of rotatable bonds is 5. The van der Waals surface area contributed by atoms with Crippen LogP contribution in [0.2, 0.25) is 10.0 Å². The number of amides is 1. The van der Waals surface area contributed by atoms with Crippen molar-refractivity contribution in [2.75, 3.05) is 10.6 Å². The lowest BCUT2D eigenvalue weighted by Gasteiger charge is -2.06. The minimum absolute atomic E-state index is 0.473. The maximum absolute atomic E-state index is 11.5. The summed E-state index contributed by atoms with van der Waals surface area (Å²) in [5, 5.41) is 9.52. The van der Waals surface area contributed by atoms with Gasteiger partial charge in [-0.15, -0.1) is 11.3 Å². The van der Waals surface area contributed by atoms with Gasteiger partial charge in [0.1, 0.15) is 0 Å². The van der Waals surface area contributed by atoms with Crippen LogP contribution in [0.25, 0.3) is 11.3 Å². The van der Waals surface area contributed by atoms with E-state index in [0.29, 0.717) is 26.6 Å². The molecule has 0 saturated carbocycles. The van der Waals surface area contributed by atoms with E-state index in [4.69, 9.17) is 46.4 Å². The zero-order valence-corrected chi connectivity index (χ0v) is 16.8. The summed E-state index contributed by atoms with van der Waals surface area (Å²) >= 11 is 24.6. The molecule has 0 bridgehead atoms. The molecule has 1 aromatic heterocycles. The Bertz CT molecular complexity index is 928. The number of nitrogens with zero attached hydrogens (tertiary/aromatic N) is 1. The molecule has 134 valence electrons. The van der Waals surface area contributed by atoms with E-state index in [0.717, 1.165) is 11.3 Å². The average molecular weight is 447 g/mol. The van der Waals surface area contributed by atoms with Crippen molar-refractivity contribution >= 4 is 80.2 Å². The molecule has 1 heterocycles. The van der Waals surface area contributed by atoms with Gasteiger partial charge in [0.15, 0.2) is 9.97 Å². The van der Waals surface area contributed by atoms with Crippen LogP contribution >= 0.6 is 57.7 Å². The van der Waals surface area contributed by atoms with Gasteiger partial charge in [0.2, 0.25) is 0 Å². The van der Waals surface area contributed by atoms with Crippen molar-refractivity contribution < 1.29 is 4.79 Å². The molecule has 0 saturated heterocycles. The topological polar surface area (TPSA) is 54.0 Å². The summed E-state index contributed by atoms with van der Waals surface area (Å²) in [5.74, 6) is -0.473. The number of benzene rings is 2. The number of alkyl halides is 2. The third kappa shape index (κ3) is 4.81. The van der Waals surface area contributed by atoms with Crippen LogP contribution in [0.15, 0.2) is 47.8 Å². The number of hydrogen-bond acceptors (Lipinski definition) is 4. The zero-order chi connectivity index (χ0) is 18.7. The molecule has 0 fully saturated rings. The van der Waals surface area contributed by atoms with E-state index < -0.39 is 10.7 Å². The SMILES string of the molecule is O=C(Nc1ccc(-c2csc(Nc3cc(Cl)ccc3Cl)n2)cc1)C(Cl)Cl. The first kappa shape index (κ1) is 19.3. The van der Waals surface area contributed by atoms with E-state index in [2.05, 4.69) is 15.6 Å². The lowest BCUT2D eigenvalue weighted by atomic mass is 10.1. The van der Waals surface area contributed by atoms with Crippen LogP contribution in [0.4, 0.5) is 16.5 Å². The van der Waals surface area contributed by atoms with Crippen molar-refractivity contribution in [1.29, 1.82) is 0 Å². The smallest absolute Gasteiger partial charge is 0.257 e. The summed E-state index contributed by atoms with van der Waals surface area (Å²) in [4.78, 5) is 14.9. The molecule has 1 amide bonds. The number of thiazole rings is 1. The number of nitrogens with one attached hydrogen (secondary N) is 2. The first-order chi connectivity index (χ1) is 12.4. The standard InChI is InChI=1S/C17H11Cl4N3OS/c18-10-3-6-12(19)13(7-10)23-17-24-14(8-26-17)9-1-4-11(5-2-9)22-16(25)15(20)21/h1-8,15H,(H,22,25)(H,23,24). The highest BCUT2D eigenvalue weighted by Crippen LogP contribution is 2.32. The highest BCUT2D eigenvalue weighted by Gasteiger charge is 2.12. The Morgan fingerprint density at radius 1 is 1.08 bits per heavy atom. The van der Waals surface area contributed by atoms with Gasteiger partial charge in [-0.05, 0) is 30.3 Å². The predicted molar refractivity (Wildman–Crippen MR) is 111 cm³/mol. The van der Waals surface area contributed by atoms with Gasteiger partial charge in [-0.1, -0.05) is 58.5 Å². The number of carbonyl (C=O) groups is 1. The predicted octanol–water partition coefficient (Wildman–Crippen LogP) is 6.60. The van der Waals surface area contributed by atoms with Crippen molar-refractivity contribution in [3.8, 4) is 11.3 Å². The highest BCUT2D eigenvalue weighted by molar-refractivity contribution is 7.14. The lowest BCUT2D eigenvalue weighted by molar-refractivity contribution is -0.114. The summed E-state index contributed by atoms with van der Waals surface area (Å²) in [5.41, 5.74) is 2.98. The maximum Gasteiger partial charge on any atom is 0.257 e. The zero-order valence-electron chi connectivity index (χ0n) is 13.0. The van der Waals surface area contributed by atoms with Gasteiger partial charge in [0.05, 0.1) is 16.4 Å². The molecule has 2 N–H and O–H groups in total. The Kier molecular flexibility index (Phi) is 6.27. The van der Waals surface area contributed by atoms with Crippen molar-refractivity contribution in [1.82, 2.24) is 4.98 Å². The van der Waals surface area contributed by atoms with Gasteiger partial charge in [-0.2, -0.15) is 0 Å². The molecule has 3 rings (SSSR count). The molecule has 4 nitrogen and oxygen atoms in total. The van der Waals surface area contributed by atoms with Gasteiger partial charge >= 0.3 is 0 Å². The number of aromatic nitrogens is 1. The fourth-order valence-corrected chi connectivity index (χ4v) is 3.27. The summed E-state index contributed by atoms with van der Waals surface area (Å²) < 4.78 is 0. The minimum Gasteiger partial charge on any atom is -0.330 e. The molecule has 0 aliphatic heterocycles. The second kappa shape index (κ2) is 8.46. The first-order valence-corrected chi connectivity index (χ1v) is 9.80. The monoisotopic (exact) mass is 445 g/mol. The van der Waals surface area contributed by atoms with Gasteiger partial charge in [0.25, 0.3) is 5.91 Å². The Labute approximate surface area is 174 Å². The molecule has 0 aliphatic carbocycles. The first-order valence-electron chi connectivity index (χ1n) is 7.29. The van der Waals surface area contributed by atoms with Crippen LogP contribution in [-0.4, -0.2) is 15.7 Å². The fourth-order valence-electron chi connectivity index (χ4n) is 2.09. The molecule has 26 heavy (non-hydrogen) atoms. The summed E-state index contributed by atoms with van der Waals surface area (Å²) in [6.45, 7) is 0. The van der Waals surface area contributed by atoms with E-state index in [9.17, 15) is 4.79 Å².